The Morgan fingerprint density at radius 3 is 0.456 bits per heavy atom. The second-order valence-electron chi connectivity index (χ2n) is 25.5. The molecule has 0 saturated heterocycles. The minimum absolute atomic E-state index is 0. The minimum atomic E-state index is -1.06. The van der Waals surface area contributed by atoms with E-state index in [1.54, 1.807) is 22.3 Å². The van der Waals surface area contributed by atoms with E-state index in [1.165, 1.54) is 0 Å². The summed E-state index contributed by atoms with van der Waals surface area (Å²) in [5.41, 5.74) is 6.40. The average Bonchev–Trinajstić information content (AvgIpc) is 3.73. The maximum Gasteiger partial charge on any atom is 4.00 e. The molecule has 0 spiro atoms. The molecule has 0 heterocycles. The molecule has 4 aromatic rings. The molecule has 0 atom stereocenters. The SMILES string of the molecule is C[Si](C)(C)C(c1ccc[cH-]1)[Si](C)(C)C.C[Si](C)(C)C(c1ccc[cH-]1)[Si](C)(C)C.C[Si](C)(C)C(c1ccc[cH-]1)[Si](C)(C)C.C[Si](C)(C)C(c1ccc[cH-]1)[Si](C)(C)C.[Hf+4]. The van der Waals surface area contributed by atoms with Crippen molar-refractivity contribution in [3.8, 4) is 0 Å². The second kappa shape index (κ2) is 21.9. The molecular formula is C48H92HfSi8. The van der Waals surface area contributed by atoms with Crippen molar-refractivity contribution in [2.75, 3.05) is 0 Å². The van der Waals surface area contributed by atoms with Gasteiger partial charge in [0.2, 0.25) is 0 Å². The maximum absolute atomic E-state index is 2.50. The van der Waals surface area contributed by atoms with Crippen molar-refractivity contribution >= 4 is 64.6 Å². The Kier molecular flexibility index (Phi) is 21.9. The molecule has 9 heteroatoms. The Morgan fingerprint density at radius 2 is 0.386 bits per heavy atom. The summed E-state index contributed by atoms with van der Waals surface area (Å²) in [4.78, 5) is 0. The Bertz CT molecular complexity index is 1290. The van der Waals surface area contributed by atoms with E-state index in [4.69, 9.17) is 0 Å². The van der Waals surface area contributed by atoms with Crippen LogP contribution in [0.4, 0.5) is 0 Å². The predicted molar refractivity (Wildman–Crippen MR) is 286 cm³/mol. The zero-order valence-electron chi connectivity index (χ0n) is 42.0. The van der Waals surface area contributed by atoms with Gasteiger partial charge in [0.05, 0.1) is 0 Å². The molecule has 0 aliphatic carbocycles. The number of hydrogen-bond donors (Lipinski definition) is 0. The molecule has 0 fully saturated rings. The predicted octanol–water partition coefficient (Wildman–Crippen LogP) is 17.0. The van der Waals surface area contributed by atoms with E-state index in [1.807, 2.05) is 0 Å². The smallest absolute Gasteiger partial charge is 0.213 e. The van der Waals surface area contributed by atoms with Gasteiger partial charge in [-0.05, 0) is 20.7 Å². The van der Waals surface area contributed by atoms with Crippen molar-refractivity contribution in [3.05, 3.63) is 119 Å². The van der Waals surface area contributed by atoms with Crippen LogP contribution in [0.2, 0.25) is 157 Å². The fraction of sp³-hybridized carbons (Fsp3) is 0.583. The number of rotatable bonds is 12. The van der Waals surface area contributed by atoms with Crippen molar-refractivity contribution in [1.29, 1.82) is 0 Å². The zero-order valence-corrected chi connectivity index (χ0v) is 53.6. The Balaban J connectivity index is 0.000000729. The van der Waals surface area contributed by atoms with E-state index < -0.39 is 64.6 Å². The second-order valence-corrected chi connectivity index (χ2v) is 70.3. The van der Waals surface area contributed by atoms with Gasteiger partial charge in [-0.1, -0.05) is 157 Å². The summed E-state index contributed by atoms with van der Waals surface area (Å²) in [5, 5.41) is 3.57. The first kappa shape index (κ1) is 57.0. The Labute approximate surface area is 384 Å². The van der Waals surface area contributed by atoms with E-state index >= 15 is 0 Å². The molecule has 0 bridgehead atoms. The molecule has 0 nitrogen and oxygen atoms in total. The monoisotopic (exact) mass is 1070 g/mol. The summed E-state index contributed by atoms with van der Waals surface area (Å²) >= 11 is 0. The zero-order chi connectivity index (χ0) is 43.9. The molecule has 0 aliphatic heterocycles. The first-order valence-corrected chi connectivity index (χ1v) is 50.4. The molecule has 0 saturated carbocycles. The molecule has 0 unspecified atom stereocenters. The molecule has 0 N–H and O–H groups in total. The minimum Gasteiger partial charge on any atom is -0.213 e. The van der Waals surface area contributed by atoms with Crippen molar-refractivity contribution in [3.63, 3.8) is 0 Å². The standard InChI is InChI=1S/4C12H23Si2.Hf/c4*1-13(2,3)12(14(4,5)6)11-9-7-8-10-11;/h4*7-10,12H,1-6H3;/q4*-1;+4. The first-order chi connectivity index (χ1) is 24.9. The average molecular weight is 1070 g/mol. The normalized spacial score (nSPS) is 13.4. The van der Waals surface area contributed by atoms with Gasteiger partial charge in [0.15, 0.2) is 0 Å². The quantitative estimate of drug-likeness (QED) is 0.0980. The summed E-state index contributed by atoms with van der Waals surface area (Å²) in [7, 11) is -8.52. The molecule has 0 radical (unpaired) electrons. The van der Waals surface area contributed by atoms with Crippen molar-refractivity contribution in [2.24, 2.45) is 0 Å². The molecule has 0 aromatic heterocycles. The van der Waals surface area contributed by atoms with E-state index in [0.29, 0.717) is 0 Å². The van der Waals surface area contributed by atoms with Crippen LogP contribution in [-0.2, 0) is 25.8 Å². The van der Waals surface area contributed by atoms with E-state index in [2.05, 4.69) is 254 Å². The van der Waals surface area contributed by atoms with E-state index in [0.717, 1.165) is 20.7 Å². The van der Waals surface area contributed by atoms with Crippen LogP contribution in [0.15, 0.2) is 97.1 Å². The van der Waals surface area contributed by atoms with Crippen molar-refractivity contribution in [2.45, 2.75) is 178 Å². The number of hydrogen-bond acceptors (Lipinski definition) is 0. The van der Waals surface area contributed by atoms with Crippen LogP contribution in [0, 0.1) is 0 Å². The van der Waals surface area contributed by atoms with Gasteiger partial charge in [0.25, 0.3) is 0 Å². The Hall–Kier alpha value is 0.00519. The maximum atomic E-state index is 2.50. The molecule has 0 amide bonds. The van der Waals surface area contributed by atoms with Gasteiger partial charge in [-0.3, -0.25) is 0 Å². The van der Waals surface area contributed by atoms with E-state index in [9.17, 15) is 0 Å². The van der Waals surface area contributed by atoms with Gasteiger partial charge in [-0.15, -0.1) is 0 Å². The molecular weight excluding hydrogens is 980 g/mol. The van der Waals surface area contributed by atoms with Crippen LogP contribution in [0.1, 0.15) is 42.9 Å². The largest absolute Gasteiger partial charge is 4.00 e. The van der Waals surface area contributed by atoms with Crippen molar-refractivity contribution < 1.29 is 25.8 Å². The summed E-state index contributed by atoms with van der Waals surface area (Å²) in [6, 6.07) is 36.0. The third-order valence-electron chi connectivity index (χ3n) is 11.0. The molecule has 57 heavy (non-hydrogen) atoms. The molecule has 320 valence electrons. The van der Waals surface area contributed by atoms with Gasteiger partial charge < -0.3 is 0 Å². The fourth-order valence-electron chi connectivity index (χ4n) is 11.5. The topological polar surface area (TPSA) is 0 Å². The van der Waals surface area contributed by atoms with Crippen LogP contribution >= 0.6 is 0 Å². The summed E-state index contributed by atoms with van der Waals surface area (Å²) < 4.78 is 0. The third kappa shape index (κ3) is 19.3. The molecule has 4 aromatic carbocycles. The molecule has 0 aliphatic rings. The summed E-state index contributed by atoms with van der Waals surface area (Å²) in [5.74, 6) is 0. The first-order valence-electron chi connectivity index (χ1n) is 21.8. The van der Waals surface area contributed by atoms with Crippen LogP contribution in [-0.4, -0.2) is 64.6 Å². The van der Waals surface area contributed by atoms with Crippen LogP contribution in [0.3, 0.4) is 0 Å². The molecule has 4 rings (SSSR count). The van der Waals surface area contributed by atoms with Crippen molar-refractivity contribution in [1.82, 2.24) is 0 Å². The van der Waals surface area contributed by atoms with Crippen LogP contribution < -0.4 is 0 Å². The summed E-state index contributed by atoms with van der Waals surface area (Å²) in [6.45, 7) is 60.1. The van der Waals surface area contributed by atoms with Gasteiger partial charge in [-0.25, -0.2) is 48.5 Å². The van der Waals surface area contributed by atoms with E-state index in [-0.39, 0.29) is 25.8 Å². The van der Waals surface area contributed by atoms with Crippen LogP contribution in [0.25, 0.3) is 0 Å². The van der Waals surface area contributed by atoms with Gasteiger partial charge in [-0.2, -0.15) is 70.8 Å². The summed E-state index contributed by atoms with van der Waals surface area (Å²) in [6.07, 6.45) is 0. The van der Waals surface area contributed by atoms with Gasteiger partial charge in [0.1, 0.15) is 0 Å². The fourth-order valence-corrected chi connectivity index (χ4v) is 62.6. The van der Waals surface area contributed by atoms with Crippen LogP contribution in [0.5, 0.6) is 0 Å². The Morgan fingerprint density at radius 1 is 0.263 bits per heavy atom. The third-order valence-corrected chi connectivity index (χ3v) is 48.3. The van der Waals surface area contributed by atoms with Gasteiger partial charge >= 0.3 is 25.8 Å². The van der Waals surface area contributed by atoms with Gasteiger partial charge in [0, 0.05) is 64.6 Å².